The average Bonchev–Trinajstić information content (AvgIpc) is 2.83. The van der Waals surface area contributed by atoms with E-state index in [1.54, 1.807) is 0 Å². The van der Waals surface area contributed by atoms with Crippen LogP contribution < -0.4 is 5.32 Å². The number of H-pyrrole nitrogens is 1. The van der Waals surface area contributed by atoms with Gasteiger partial charge in [0.2, 0.25) is 0 Å². The number of aromatic amines is 1. The first-order valence-electron chi connectivity index (χ1n) is 5.09. The van der Waals surface area contributed by atoms with Crippen LogP contribution in [-0.4, -0.2) is 30.8 Å². The summed E-state index contributed by atoms with van der Waals surface area (Å²) < 4.78 is 0. The zero-order chi connectivity index (χ0) is 12.4. The predicted molar refractivity (Wildman–Crippen MR) is 62.7 cm³/mol. The van der Waals surface area contributed by atoms with Crippen molar-refractivity contribution in [1.29, 1.82) is 0 Å². The van der Waals surface area contributed by atoms with Gasteiger partial charge in [0.1, 0.15) is 0 Å². The predicted octanol–water partition coefficient (Wildman–Crippen LogP) is 1.43. The normalized spacial score (nSPS) is 12.5. The molecule has 0 saturated heterocycles. The SMILES string of the molecule is Cc1c(Cl)nnc(NC(C)c2nn[nH]n2)c1C. The molecule has 0 aromatic carbocycles. The molecule has 0 amide bonds. The van der Waals surface area contributed by atoms with Crippen molar-refractivity contribution in [2.45, 2.75) is 26.8 Å². The van der Waals surface area contributed by atoms with Gasteiger partial charge in [-0.3, -0.25) is 0 Å². The van der Waals surface area contributed by atoms with Crippen LogP contribution in [0.25, 0.3) is 0 Å². The quantitative estimate of drug-likeness (QED) is 0.860. The third kappa shape index (κ3) is 2.33. The lowest BCUT2D eigenvalue weighted by Gasteiger charge is -2.13. The molecule has 8 heteroatoms. The van der Waals surface area contributed by atoms with E-state index in [2.05, 4.69) is 36.1 Å². The summed E-state index contributed by atoms with van der Waals surface area (Å²) in [5, 5.41) is 25.2. The highest BCUT2D eigenvalue weighted by Gasteiger charge is 2.14. The first-order chi connectivity index (χ1) is 8.09. The van der Waals surface area contributed by atoms with Gasteiger partial charge in [0.15, 0.2) is 16.8 Å². The molecule has 0 aliphatic rings. The molecule has 7 nitrogen and oxygen atoms in total. The van der Waals surface area contributed by atoms with E-state index >= 15 is 0 Å². The van der Waals surface area contributed by atoms with Crippen LogP contribution in [-0.2, 0) is 0 Å². The summed E-state index contributed by atoms with van der Waals surface area (Å²) in [6.07, 6.45) is 0. The molecule has 2 aromatic heterocycles. The molecule has 90 valence electrons. The van der Waals surface area contributed by atoms with Crippen LogP contribution in [0.4, 0.5) is 5.82 Å². The van der Waals surface area contributed by atoms with E-state index in [1.807, 2.05) is 20.8 Å². The van der Waals surface area contributed by atoms with E-state index in [9.17, 15) is 0 Å². The Morgan fingerprint density at radius 2 is 1.94 bits per heavy atom. The summed E-state index contributed by atoms with van der Waals surface area (Å²) in [4.78, 5) is 0. The molecule has 1 atom stereocenters. The van der Waals surface area contributed by atoms with E-state index in [0.717, 1.165) is 11.1 Å². The van der Waals surface area contributed by atoms with Gasteiger partial charge in [-0.2, -0.15) is 5.21 Å². The van der Waals surface area contributed by atoms with Crippen molar-refractivity contribution >= 4 is 17.4 Å². The standard InChI is InChI=1S/C9H12ClN7/c1-4-5(2)8(13-12-7(4)10)11-6(3)9-14-16-17-15-9/h6H,1-3H3,(H,11,13)(H,14,15,16,17). The van der Waals surface area contributed by atoms with Crippen molar-refractivity contribution in [3.05, 3.63) is 22.1 Å². The highest BCUT2D eigenvalue weighted by Crippen LogP contribution is 2.23. The molecule has 0 radical (unpaired) electrons. The molecule has 2 heterocycles. The number of tetrazole rings is 1. The second kappa shape index (κ2) is 4.62. The Morgan fingerprint density at radius 1 is 1.18 bits per heavy atom. The van der Waals surface area contributed by atoms with E-state index in [0.29, 0.717) is 16.8 Å². The maximum absolute atomic E-state index is 5.88. The molecule has 0 spiro atoms. The van der Waals surface area contributed by atoms with Gasteiger partial charge in [-0.25, -0.2) is 0 Å². The second-order valence-electron chi connectivity index (χ2n) is 3.73. The van der Waals surface area contributed by atoms with Gasteiger partial charge in [-0.15, -0.1) is 20.4 Å². The van der Waals surface area contributed by atoms with Gasteiger partial charge in [0.05, 0.1) is 6.04 Å². The lowest BCUT2D eigenvalue weighted by atomic mass is 10.2. The number of rotatable bonds is 3. The smallest absolute Gasteiger partial charge is 0.196 e. The highest BCUT2D eigenvalue weighted by atomic mass is 35.5. The van der Waals surface area contributed by atoms with Gasteiger partial charge in [-0.05, 0) is 31.9 Å². The Bertz CT molecular complexity index is 510. The first-order valence-corrected chi connectivity index (χ1v) is 5.46. The fourth-order valence-corrected chi connectivity index (χ4v) is 1.52. The largest absolute Gasteiger partial charge is 0.358 e. The molecule has 2 N–H and O–H groups in total. The number of hydrogen-bond acceptors (Lipinski definition) is 6. The molecular formula is C9H12ClN7. The molecule has 0 saturated carbocycles. The molecule has 2 aromatic rings. The number of anilines is 1. The summed E-state index contributed by atoms with van der Waals surface area (Å²) >= 11 is 5.88. The lowest BCUT2D eigenvalue weighted by Crippen LogP contribution is -2.12. The van der Waals surface area contributed by atoms with E-state index in [-0.39, 0.29) is 6.04 Å². The zero-order valence-electron chi connectivity index (χ0n) is 9.69. The van der Waals surface area contributed by atoms with Crippen molar-refractivity contribution in [1.82, 2.24) is 30.8 Å². The van der Waals surface area contributed by atoms with E-state index < -0.39 is 0 Å². The first kappa shape index (κ1) is 11.7. The summed E-state index contributed by atoms with van der Waals surface area (Å²) in [5.74, 6) is 1.24. The number of halogens is 1. The van der Waals surface area contributed by atoms with E-state index in [1.165, 1.54) is 0 Å². The summed E-state index contributed by atoms with van der Waals surface area (Å²) in [6.45, 7) is 5.74. The Morgan fingerprint density at radius 3 is 2.59 bits per heavy atom. The van der Waals surface area contributed by atoms with Crippen molar-refractivity contribution in [2.75, 3.05) is 5.32 Å². The Hall–Kier alpha value is -1.76. The molecule has 0 aliphatic heterocycles. The second-order valence-corrected chi connectivity index (χ2v) is 4.08. The van der Waals surface area contributed by atoms with Crippen molar-refractivity contribution < 1.29 is 0 Å². The summed E-state index contributed by atoms with van der Waals surface area (Å²) in [6, 6.07) is -0.109. The zero-order valence-corrected chi connectivity index (χ0v) is 10.4. The maximum Gasteiger partial charge on any atom is 0.196 e. The summed E-state index contributed by atoms with van der Waals surface area (Å²) in [5.41, 5.74) is 1.87. The van der Waals surface area contributed by atoms with Gasteiger partial charge in [-0.1, -0.05) is 16.8 Å². The van der Waals surface area contributed by atoms with Crippen LogP contribution in [0.2, 0.25) is 5.15 Å². The van der Waals surface area contributed by atoms with Crippen LogP contribution in [0.1, 0.15) is 29.9 Å². The topological polar surface area (TPSA) is 92.3 Å². The fourth-order valence-electron chi connectivity index (χ4n) is 1.34. The minimum Gasteiger partial charge on any atom is -0.358 e. The third-order valence-electron chi connectivity index (χ3n) is 2.57. The third-order valence-corrected chi connectivity index (χ3v) is 2.93. The molecule has 17 heavy (non-hydrogen) atoms. The molecular weight excluding hydrogens is 242 g/mol. The van der Waals surface area contributed by atoms with Gasteiger partial charge in [0.25, 0.3) is 0 Å². The fraction of sp³-hybridized carbons (Fsp3) is 0.444. The number of hydrogen-bond donors (Lipinski definition) is 2. The van der Waals surface area contributed by atoms with Crippen molar-refractivity contribution in [3.63, 3.8) is 0 Å². The Kier molecular flexibility index (Phi) is 3.19. The Labute approximate surface area is 103 Å². The van der Waals surface area contributed by atoms with Crippen LogP contribution in [0, 0.1) is 13.8 Å². The van der Waals surface area contributed by atoms with Crippen LogP contribution in [0.3, 0.4) is 0 Å². The average molecular weight is 254 g/mol. The molecule has 0 fully saturated rings. The van der Waals surface area contributed by atoms with Crippen LogP contribution in [0.5, 0.6) is 0 Å². The Balaban J connectivity index is 2.22. The van der Waals surface area contributed by atoms with Gasteiger partial charge < -0.3 is 5.32 Å². The van der Waals surface area contributed by atoms with Crippen molar-refractivity contribution in [3.8, 4) is 0 Å². The van der Waals surface area contributed by atoms with Crippen LogP contribution >= 0.6 is 11.6 Å². The number of nitrogens with one attached hydrogen (secondary N) is 2. The molecule has 2 rings (SSSR count). The minimum atomic E-state index is -0.109. The highest BCUT2D eigenvalue weighted by molar-refractivity contribution is 6.30. The monoisotopic (exact) mass is 253 g/mol. The lowest BCUT2D eigenvalue weighted by molar-refractivity contribution is 0.779. The maximum atomic E-state index is 5.88. The van der Waals surface area contributed by atoms with Gasteiger partial charge in [0, 0.05) is 0 Å². The molecule has 0 aliphatic carbocycles. The number of nitrogens with zero attached hydrogens (tertiary/aromatic N) is 5. The van der Waals surface area contributed by atoms with Crippen LogP contribution in [0.15, 0.2) is 0 Å². The van der Waals surface area contributed by atoms with Crippen molar-refractivity contribution in [2.24, 2.45) is 0 Å². The minimum absolute atomic E-state index is 0.109. The van der Waals surface area contributed by atoms with E-state index in [4.69, 9.17) is 11.6 Å². The summed E-state index contributed by atoms with van der Waals surface area (Å²) in [7, 11) is 0. The molecule has 0 bridgehead atoms. The molecule has 1 unspecified atom stereocenters. The van der Waals surface area contributed by atoms with Gasteiger partial charge >= 0.3 is 0 Å². The number of aromatic nitrogens is 6.